The fraction of sp³-hybridized carbons (Fsp3) is 0.316. The first-order valence-electron chi connectivity index (χ1n) is 8.47. The smallest absolute Gasteiger partial charge is 0.242 e. The molecule has 0 bridgehead atoms. The van der Waals surface area contributed by atoms with Crippen LogP contribution in [0.3, 0.4) is 0 Å². The van der Waals surface area contributed by atoms with Gasteiger partial charge in [0.2, 0.25) is 15.9 Å². The first kappa shape index (κ1) is 19.9. The van der Waals surface area contributed by atoms with E-state index in [4.69, 9.17) is 4.74 Å². The highest BCUT2D eigenvalue weighted by molar-refractivity contribution is 9.10. The van der Waals surface area contributed by atoms with Crippen LogP contribution < -0.4 is 14.4 Å². The summed E-state index contributed by atoms with van der Waals surface area (Å²) in [6.45, 7) is 3.60. The highest BCUT2D eigenvalue weighted by Gasteiger charge is 2.31. The summed E-state index contributed by atoms with van der Waals surface area (Å²) < 4.78 is 33.9. The van der Waals surface area contributed by atoms with E-state index >= 15 is 0 Å². The highest BCUT2D eigenvalue weighted by Crippen LogP contribution is 2.38. The van der Waals surface area contributed by atoms with Crippen molar-refractivity contribution in [3.05, 3.63) is 52.0 Å². The molecule has 0 spiro atoms. The van der Waals surface area contributed by atoms with Crippen LogP contribution in [0.15, 0.2) is 45.8 Å². The minimum atomic E-state index is -3.76. The maximum Gasteiger partial charge on any atom is 0.242 e. The Morgan fingerprint density at radius 3 is 2.56 bits per heavy atom. The third-order valence-corrected chi connectivity index (χ3v) is 6.96. The number of benzene rings is 2. The summed E-state index contributed by atoms with van der Waals surface area (Å²) >= 11 is 3.37. The van der Waals surface area contributed by atoms with Gasteiger partial charge in [-0.05, 0) is 64.7 Å². The molecular formula is C19H21BrN2O4S. The number of anilines is 1. The second-order valence-corrected chi connectivity index (χ2v) is 9.12. The van der Waals surface area contributed by atoms with Gasteiger partial charge in [0.05, 0.1) is 12.0 Å². The van der Waals surface area contributed by atoms with Gasteiger partial charge < -0.3 is 9.64 Å². The van der Waals surface area contributed by atoms with Gasteiger partial charge in [-0.2, -0.15) is 0 Å². The lowest BCUT2D eigenvalue weighted by Crippen LogP contribution is -2.33. The number of methoxy groups -OCH3 is 1. The van der Waals surface area contributed by atoms with Crippen LogP contribution in [0.25, 0.3) is 0 Å². The lowest BCUT2D eigenvalue weighted by molar-refractivity contribution is -0.116. The number of carbonyl (C=O) groups is 1. The van der Waals surface area contributed by atoms with Crippen molar-refractivity contribution in [2.45, 2.75) is 37.8 Å². The van der Waals surface area contributed by atoms with Crippen molar-refractivity contribution >= 4 is 37.5 Å². The Labute approximate surface area is 167 Å². The molecule has 1 amide bonds. The number of halogens is 1. The van der Waals surface area contributed by atoms with E-state index in [1.807, 2.05) is 6.92 Å². The number of hydrogen-bond acceptors (Lipinski definition) is 4. The first-order valence-corrected chi connectivity index (χ1v) is 10.8. The van der Waals surface area contributed by atoms with Gasteiger partial charge in [-0.15, -0.1) is 0 Å². The molecule has 2 aromatic rings. The fourth-order valence-corrected chi connectivity index (χ4v) is 5.43. The van der Waals surface area contributed by atoms with Crippen molar-refractivity contribution in [2.75, 3.05) is 12.0 Å². The van der Waals surface area contributed by atoms with Crippen LogP contribution in [0.4, 0.5) is 5.69 Å². The Morgan fingerprint density at radius 2 is 1.96 bits per heavy atom. The first-order chi connectivity index (χ1) is 12.7. The molecule has 2 aromatic carbocycles. The van der Waals surface area contributed by atoms with Gasteiger partial charge in [0, 0.05) is 29.7 Å². The van der Waals surface area contributed by atoms with Crippen LogP contribution in [0.1, 0.15) is 25.0 Å². The zero-order valence-corrected chi connectivity index (χ0v) is 17.7. The van der Waals surface area contributed by atoms with Gasteiger partial charge in [0.1, 0.15) is 5.75 Å². The standard InChI is InChI=1S/C19H21BrN2O4S/c1-12-8-15-9-17(20)19(10-18(15)22(12)13(2)23)27(24,25)21-11-14-4-6-16(26-3)7-5-14/h4-7,9-10,12,21H,8,11H2,1-3H3/t12-/m1/s1. The molecule has 0 aliphatic carbocycles. The lowest BCUT2D eigenvalue weighted by atomic mass is 10.1. The molecule has 0 fully saturated rings. The van der Waals surface area contributed by atoms with Crippen LogP contribution in [-0.2, 0) is 27.8 Å². The van der Waals surface area contributed by atoms with Crippen molar-refractivity contribution < 1.29 is 17.9 Å². The van der Waals surface area contributed by atoms with Crippen LogP contribution in [0, 0.1) is 0 Å². The zero-order valence-electron chi connectivity index (χ0n) is 15.3. The predicted octanol–water partition coefficient (Wildman–Crippen LogP) is 3.23. The molecule has 0 saturated heterocycles. The molecule has 1 aliphatic heterocycles. The minimum Gasteiger partial charge on any atom is -0.497 e. The zero-order chi connectivity index (χ0) is 19.8. The van der Waals surface area contributed by atoms with Gasteiger partial charge in [-0.3, -0.25) is 4.79 Å². The molecule has 0 saturated carbocycles. The monoisotopic (exact) mass is 452 g/mol. The maximum absolute atomic E-state index is 12.8. The van der Waals surface area contributed by atoms with E-state index < -0.39 is 10.0 Å². The molecule has 1 aliphatic rings. The number of ether oxygens (including phenoxy) is 1. The number of nitrogens with zero attached hydrogens (tertiary/aromatic N) is 1. The summed E-state index contributed by atoms with van der Waals surface area (Å²) in [6.07, 6.45) is 0.702. The average Bonchev–Trinajstić information content (AvgIpc) is 2.94. The van der Waals surface area contributed by atoms with E-state index in [0.717, 1.165) is 11.1 Å². The van der Waals surface area contributed by atoms with Crippen LogP contribution in [0.2, 0.25) is 0 Å². The number of fused-ring (bicyclic) bond motifs is 1. The lowest BCUT2D eigenvalue weighted by Gasteiger charge is -2.21. The summed E-state index contributed by atoms with van der Waals surface area (Å²) in [6, 6.07) is 10.5. The number of carbonyl (C=O) groups excluding carboxylic acids is 1. The second kappa shape index (κ2) is 7.61. The van der Waals surface area contributed by atoms with Gasteiger partial charge >= 0.3 is 0 Å². The van der Waals surface area contributed by atoms with E-state index in [1.54, 1.807) is 48.4 Å². The molecule has 8 heteroatoms. The molecule has 1 N–H and O–H groups in total. The quantitative estimate of drug-likeness (QED) is 0.755. The van der Waals surface area contributed by atoms with E-state index in [1.165, 1.54) is 6.92 Å². The number of hydrogen-bond donors (Lipinski definition) is 1. The van der Waals surface area contributed by atoms with Crippen LogP contribution in [-0.4, -0.2) is 27.5 Å². The Balaban J connectivity index is 1.87. The highest BCUT2D eigenvalue weighted by atomic mass is 79.9. The molecule has 1 heterocycles. The minimum absolute atomic E-state index is 0.00890. The van der Waals surface area contributed by atoms with Crippen molar-refractivity contribution in [3.63, 3.8) is 0 Å². The van der Waals surface area contributed by atoms with Gasteiger partial charge in [-0.25, -0.2) is 13.1 Å². The largest absolute Gasteiger partial charge is 0.497 e. The summed E-state index contributed by atoms with van der Waals surface area (Å²) in [4.78, 5) is 13.7. The third-order valence-electron chi connectivity index (χ3n) is 4.60. The molecule has 0 radical (unpaired) electrons. The van der Waals surface area contributed by atoms with E-state index in [0.29, 0.717) is 22.3 Å². The number of amides is 1. The summed E-state index contributed by atoms with van der Waals surface area (Å²) in [5.41, 5.74) is 2.43. The second-order valence-electron chi connectivity index (χ2n) is 6.53. The van der Waals surface area contributed by atoms with E-state index in [9.17, 15) is 13.2 Å². The maximum atomic E-state index is 12.8. The summed E-state index contributed by atoms with van der Waals surface area (Å²) in [5.74, 6) is 0.611. The average molecular weight is 453 g/mol. The number of sulfonamides is 1. The topological polar surface area (TPSA) is 75.7 Å². The Bertz CT molecular complexity index is 974. The fourth-order valence-electron chi connectivity index (χ4n) is 3.30. The van der Waals surface area contributed by atoms with Gasteiger partial charge in [0.15, 0.2) is 0 Å². The Hall–Kier alpha value is -1.90. The van der Waals surface area contributed by atoms with Crippen molar-refractivity contribution in [2.24, 2.45) is 0 Å². The Morgan fingerprint density at radius 1 is 1.30 bits per heavy atom. The van der Waals surface area contributed by atoms with Gasteiger partial charge in [-0.1, -0.05) is 12.1 Å². The molecule has 3 rings (SSSR count). The predicted molar refractivity (Wildman–Crippen MR) is 107 cm³/mol. The Kier molecular flexibility index (Phi) is 5.60. The summed E-state index contributed by atoms with van der Waals surface area (Å²) in [7, 11) is -2.18. The molecule has 144 valence electrons. The summed E-state index contributed by atoms with van der Waals surface area (Å²) in [5, 5.41) is 0. The van der Waals surface area contributed by atoms with E-state index in [2.05, 4.69) is 20.7 Å². The number of nitrogens with one attached hydrogen (secondary N) is 1. The molecule has 0 aromatic heterocycles. The van der Waals surface area contributed by atoms with E-state index in [-0.39, 0.29) is 23.4 Å². The van der Waals surface area contributed by atoms with Gasteiger partial charge in [0.25, 0.3) is 0 Å². The van der Waals surface area contributed by atoms with Crippen molar-refractivity contribution in [1.82, 2.24) is 4.72 Å². The molecule has 0 unspecified atom stereocenters. The molecule has 6 nitrogen and oxygen atoms in total. The SMILES string of the molecule is COc1ccc(CNS(=O)(=O)c2cc3c(cc2Br)C[C@@H](C)N3C(C)=O)cc1. The van der Waals surface area contributed by atoms with Crippen LogP contribution >= 0.6 is 15.9 Å². The van der Waals surface area contributed by atoms with Crippen molar-refractivity contribution in [3.8, 4) is 5.75 Å². The third kappa shape index (κ3) is 4.02. The number of rotatable bonds is 5. The molecular weight excluding hydrogens is 432 g/mol. The van der Waals surface area contributed by atoms with Crippen LogP contribution in [0.5, 0.6) is 5.75 Å². The molecule has 27 heavy (non-hydrogen) atoms. The molecule has 1 atom stereocenters. The normalized spacial score (nSPS) is 16.3. The van der Waals surface area contributed by atoms with Crippen molar-refractivity contribution in [1.29, 1.82) is 0 Å².